The number of amides is 2. The lowest BCUT2D eigenvalue weighted by Crippen LogP contribution is -2.36. The van der Waals surface area contributed by atoms with Crippen molar-refractivity contribution < 1.29 is 9.59 Å². The monoisotopic (exact) mass is 340 g/mol. The van der Waals surface area contributed by atoms with Crippen molar-refractivity contribution in [1.29, 1.82) is 0 Å². The van der Waals surface area contributed by atoms with E-state index in [-0.39, 0.29) is 24.3 Å². The number of carbonyl (C=O) groups excluding carboxylic acids is 2. The first-order valence-electron chi connectivity index (χ1n) is 6.81. The third-order valence-electron chi connectivity index (χ3n) is 3.22. The maximum Gasteiger partial charge on any atom is 0.243 e. The molecule has 0 saturated carbocycles. The average molecular weight is 341 g/mol. The number of carbonyl (C=O) groups is 2. The highest BCUT2D eigenvalue weighted by Crippen LogP contribution is 2.19. The van der Waals surface area contributed by atoms with Crippen LogP contribution in [-0.4, -0.2) is 18.4 Å². The molecular formula is C15H21BrN2O2. The molecule has 110 valence electrons. The zero-order valence-corrected chi connectivity index (χ0v) is 13.7. The maximum atomic E-state index is 11.8. The molecule has 5 heteroatoms. The molecule has 0 bridgehead atoms. The highest BCUT2D eigenvalue weighted by atomic mass is 79.9. The van der Waals surface area contributed by atoms with E-state index in [0.29, 0.717) is 0 Å². The molecule has 0 saturated heterocycles. The standard InChI is InChI=1S/C15H21BrN2O2/c1-4-11(5-2)15(20)17-9-14(19)18-12-6-7-13(16)10(3)8-12/h6-8,11H,4-5,9H2,1-3H3,(H,17,20)(H,18,19). The Kier molecular flexibility index (Phi) is 6.71. The summed E-state index contributed by atoms with van der Waals surface area (Å²) in [6, 6.07) is 5.58. The second-order valence-corrected chi connectivity index (χ2v) is 5.60. The Bertz CT molecular complexity index is 485. The van der Waals surface area contributed by atoms with Crippen LogP contribution in [0.5, 0.6) is 0 Å². The van der Waals surface area contributed by atoms with Crippen LogP contribution in [-0.2, 0) is 9.59 Å². The van der Waals surface area contributed by atoms with Gasteiger partial charge < -0.3 is 10.6 Å². The quantitative estimate of drug-likeness (QED) is 0.834. The van der Waals surface area contributed by atoms with Gasteiger partial charge in [0.1, 0.15) is 0 Å². The summed E-state index contributed by atoms with van der Waals surface area (Å²) >= 11 is 3.41. The second-order valence-electron chi connectivity index (χ2n) is 4.74. The van der Waals surface area contributed by atoms with Gasteiger partial charge in [0.05, 0.1) is 6.54 Å². The van der Waals surface area contributed by atoms with Gasteiger partial charge in [-0.05, 0) is 43.5 Å². The summed E-state index contributed by atoms with van der Waals surface area (Å²) in [5, 5.41) is 5.44. The van der Waals surface area contributed by atoms with Crippen molar-refractivity contribution in [1.82, 2.24) is 5.32 Å². The van der Waals surface area contributed by atoms with E-state index in [1.54, 1.807) is 0 Å². The molecule has 1 aromatic rings. The van der Waals surface area contributed by atoms with Crippen LogP contribution in [0.3, 0.4) is 0 Å². The smallest absolute Gasteiger partial charge is 0.243 e. The first kappa shape index (κ1) is 16.7. The van der Waals surface area contributed by atoms with Gasteiger partial charge in [0.2, 0.25) is 11.8 Å². The minimum Gasteiger partial charge on any atom is -0.347 e. The average Bonchev–Trinajstić information content (AvgIpc) is 2.42. The predicted molar refractivity (Wildman–Crippen MR) is 84.6 cm³/mol. The van der Waals surface area contributed by atoms with Crippen LogP contribution in [0.15, 0.2) is 22.7 Å². The molecule has 0 fully saturated rings. The lowest BCUT2D eigenvalue weighted by Gasteiger charge is -2.13. The maximum absolute atomic E-state index is 11.8. The van der Waals surface area contributed by atoms with E-state index < -0.39 is 0 Å². The van der Waals surface area contributed by atoms with Crippen LogP contribution < -0.4 is 10.6 Å². The van der Waals surface area contributed by atoms with Crippen molar-refractivity contribution in [3.8, 4) is 0 Å². The molecule has 0 unspecified atom stereocenters. The van der Waals surface area contributed by atoms with Gasteiger partial charge in [-0.3, -0.25) is 9.59 Å². The molecule has 1 aromatic carbocycles. The number of rotatable bonds is 6. The molecule has 0 aromatic heterocycles. The summed E-state index contributed by atoms with van der Waals surface area (Å²) in [7, 11) is 0. The lowest BCUT2D eigenvalue weighted by atomic mass is 10.0. The largest absolute Gasteiger partial charge is 0.347 e. The number of halogens is 1. The normalized spacial score (nSPS) is 10.4. The number of benzene rings is 1. The van der Waals surface area contributed by atoms with E-state index in [9.17, 15) is 9.59 Å². The second kappa shape index (κ2) is 8.04. The molecule has 0 aliphatic rings. The van der Waals surface area contributed by atoms with Crippen LogP contribution in [0.1, 0.15) is 32.3 Å². The van der Waals surface area contributed by atoms with Crippen molar-refractivity contribution in [2.24, 2.45) is 5.92 Å². The van der Waals surface area contributed by atoms with E-state index in [2.05, 4.69) is 26.6 Å². The SMILES string of the molecule is CCC(CC)C(=O)NCC(=O)Nc1ccc(Br)c(C)c1. The highest BCUT2D eigenvalue weighted by Gasteiger charge is 2.14. The first-order valence-corrected chi connectivity index (χ1v) is 7.60. The zero-order valence-electron chi connectivity index (χ0n) is 12.1. The van der Waals surface area contributed by atoms with Gasteiger partial charge in [-0.25, -0.2) is 0 Å². The van der Waals surface area contributed by atoms with E-state index >= 15 is 0 Å². The first-order chi connectivity index (χ1) is 9.47. The van der Waals surface area contributed by atoms with Crippen LogP contribution >= 0.6 is 15.9 Å². The fraction of sp³-hybridized carbons (Fsp3) is 0.467. The van der Waals surface area contributed by atoms with Crippen LogP contribution in [0, 0.1) is 12.8 Å². The van der Waals surface area contributed by atoms with Crippen molar-refractivity contribution in [2.45, 2.75) is 33.6 Å². The summed E-state index contributed by atoms with van der Waals surface area (Å²) in [4.78, 5) is 23.5. The van der Waals surface area contributed by atoms with E-state index in [1.807, 2.05) is 39.0 Å². The van der Waals surface area contributed by atoms with Crippen molar-refractivity contribution >= 4 is 33.4 Å². The Morgan fingerprint density at radius 2 is 1.90 bits per heavy atom. The van der Waals surface area contributed by atoms with Gasteiger partial charge in [0, 0.05) is 16.1 Å². The molecule has 2 N–H and O–H groups in total. The Labute approximate surface area is 128 Å². The molecule has 0 radical (unpaired) electrons. The topological polar surface area (TPSA) is 58.2 Å². The van der Waals surface area contributed by atoms with Gasteiger partial charge in [-0.2, -0.15) is 0 Å². The Balaban J connectivity index is 2.47. The Morgan fingerprint density at radius 1 is 1.25 bits per heavy atom. The molecule has 0 heterocycles. The molecule has 0 spiro atoms. The van der Waals surface area contributed by atoms with Gasteiger partial charge in [-0.1, -0.05) is 29.8 Å². The molecular weight excluding hydrogens is 320 g/mol. The van der Waals surface area contributed by atoms with Crippen LogP contribution in [0.25, 0.3) is 0 Å². The highest BCUT2D eigenvalue weighted by molar-refractivity contribution is 9.10. The summed E-state index contributed by atoms with van der Waals surface area (Å²) in [5.74, 6) is -0.291. The summed E-state index contributed by atoms with van der Waals surface area (Å²) < 4.78 is 0.998. The summed E-state index contributed by atoms with van der Waals surface area (Å²) in [6.07, 6.45) is 1.58. The van der Waals surface area contributed by atoms with Crippen molar-refractivity contribution in [2.75, 3.05) is 11.9 Å². The van der Waals surface area contributed by atoms with Crippen molar-refractivity contribution in [3.63, 3.8) is 0 Å². The van der Waals surface area contributed by atoms with Crippen LogP contribution in [0.2, 0.25) is 0 Å². The summed E-state index contributed by atoms with van der Waals surface area (Å²) in [5.41, 5.74) is 1.77. The molecule has 0 atom stereocenters. The van der Waals surface area contributed by atoms with Crippen LogP contribution in [0.4, 0.5) is 5.69 Å². The predicted octanol–water partition coefficient (Wildman–Crippen LogP) is 3.25. The number of hydrogen-bond donors (Lipinski definition) is 2. The Hall–Kier alpha value is -1.36. The molecule has 20 heavy (non-hydrogen) atoms. The van der Waals surface area contributed by atoms with E-state index in [4.69, 9.17) is 0 Å². The van der Waals surface area contributed by atoms with Gasteiger partial charge >= 0.3 is 0 Å². The minimum absolute atomic E-state index is 0.00441. The molecule has 1 rings (SSSR count). The molecule has 4 nitrogen and oxygen atoms in total. The van der Waals surface area contributed by atoms with Gasteiger partial charge in [0.15, 0.2) is 0 Å². The molecule has 2 amide bonds. The van der Waals surface area contributed by atoms with E-state index in [1.165, 1.54) is 0 Å². The third-order valence-corrected chi connectivity index (χ3v) is 4.11. The minimum atomic E-state index is -0.217. The van der Waals surface area contributed by atoms with Gasteiger partial charge in [0.25, 0.3) is 0 Å². The summed E-state index contributed by atoms with van der Waals surface area (Å²) in [6.45, 7) is 5.90. The zero-order chi connectivity index (χ0) is 15.1. The van der Waals surface area contributed by atoms with E-state index in [0.717, 1.165) is 28.6 Å². The molecule has 0 aliphatic carbocycles. The molecule has 0 aliphatic heterocycles. The third kappa shape index (κ3) is 4.96. The number of aryl methyl sites for hydroxylation is 1. The number of hydrogen-bond acceptors (Lipinski definition) is 2. The fourth-order valence-corrected chi connectivity index (χ4v) is 2.15. The lowest BCUT2D eigenvalue weighted by molar-refractivity contribution is -0.127. The number of anilines is 1. The number of nitrogens with one attached hydrogen (secondary N) is 2. The van der Waals surface area contributed by atoms with Crippen molar-refractivity contribution in [3.05, 3.63) is 28.2 Å². The Morgan fingerprint density at radius 3 is 2.45 bits per heavy atom. The fourth-order valence-electron chi connectivity index (χ4n) is 1.90. The van der Waals surface area contributed by atoms with Gasteiger partial charge in [-0.15, -0.1) is 0 Å².